The van der Waals surface area contributed by atoms with Gasteiger partial charge in [-0.1, -0.05) is 12.8 Å². The van der Waals surface area contributed by atoms with Crippen LogP contribution in [0.2, 0.25) is 0 Å². The average Bonchev–Trinajstić information content (AvgIpc) is 3.28. The fourth-order valence-corrected chi connectivity index (χ4v) is 2.80. The van der Waals surface area contributed by atoms with Crippen molar-refractivity contribution < 1.29 is 9.13 Å². The fourth-order valence-electron chi connectivity index (χ4n) is 2.80. The van der Waals surface area contributed by atoms with E-state index in [1.165, 1.54) is 25.7 Å². The predicted octanol–water partition coefficient (Wildman–Crippen LogP) is 3.74. The second kappa shape index (κ2) is 8.80. The summed E-state index contributed by atoms with van der Waals surface area (Å²) in [6.07, 6.45) is 5.40. The third-order valence-electron chi connectivity index (χ3n) is 4.20. The van der Waals surface area contributed by atoms with E-state index in [9.17, 15) is 4.39 Å². The Kier molecular flexibility index (Phi) is 6.75. The lowest BCUT2D eigenvalue weighted by molar-refractivity contribution is 0.347. The number of nitrogens with one attached hydrogen (secondary N) is 1. The Morgan fingerprint density at radius 1 is 1.29 bits per heavy atom. The largest absolute Gasteiger partial charge is 0.489 e. The average molecular weight is 353 g/mol. The first-order valence-corrected chi connectivity index (χ1v) is 7.94. The SMILES string of the molecule is Cl.NC/C(=C\F)COc1ccc(-c2n[nH]c(C3CCCC3)n2)cc1. The Morgan fingerprint density at radius 2 is 2.00 bits per heavy atom. The molecule has 1 aliphatic rings. The van der Waals surface area contributed by atoms with Gasteiger partial charge in [0.15, 0.2) is 5.82 Å². The highest BCUT2D eigenvalue weighted by Crippen LogP contribution is 2.32. The monoisotopic (exact) mass is 352 g/mol. The summed E-state index contributed by atoms with van der Waals surface area (Å²) >= 11 is 0. The van der Waals surface area contributed by atoms with E-state index in [0.29, 0.717) is 29.4 Å². The van der Waals surface area contributed by atoms with Crippen LogP contribution in [0.4, 0.5) is 4.39 Å². The van der Waals surface area contributed by atoms with E-state index in [1.807, 2.05) is 24.3 Å². The zero-order chi connectivity index (χ0) is 16.1. The van der Waals surface area contributed by atoms with Gasteiger partial charge >= 0.3 is 0 Å². The summed E-state index contributed by atoms with van der Waals surface area (Å²) in [4.78, 5) is 4.61. The maximum Gasteiger partial charge on any atom is 0.181 e. The summed E-state index contributed by atoms with van der Waals surface area (Å²) in [5, 5.41) is 7.37. The molecule has 2 aromatic rings. The van der Waals surface area contributed by atoms with Crippen molar-refractivity contribution in [1.82, 2.24) is 15.2 Å². The van der Waals surface area contributed by atoms with Crippen molar-refractivity contribution in [1.29, 1.82) is 0 Å². The molecule has 0 unspecified atom stereocenters. The summed E-state index contributed by atoms with van der Waals surface area (Å²) in [5.41, 5.74) is 6.74. The Labute approximate surface area is 146 Å². The van der Waals surface area contributed by atoms with Crippen LogP contribution in [0, 0.1) is 0 Å². The van der Waals surface area contributed by atoms with E-state index in [2.05, 4.69) is 15.2 Å². The molecule has 1 fully saturated rings. The first-order chi connectivity index (χ1) is 11.3. The van der Waals surface area contributed by atoms with Crippen molar-refractivity contribution >= 4 is 12.4 Å². The minimum Gasteiger partial charge on any atom is -0.489 e. The number of rotatable bonds is 6. The molecule has 0 bridgehead atoms. The molecule has 1 heterocycles. The Balaban J connectivity index is 0.00000208. The smallest absolute Gasteiger partial charge is 0.181 e. The molecule has 0 aliphatic heterocycles. The summed E-state index contributed by atoms with van der Waals surface area (Å²) in [6, 6.07) is 7.46. The quantitative estimate of drug-likeness (QED) is 0.830. The number of hydrogen-bond acceptors (Lipinski definition) is 4. The first-order valence-electron chi connectivity index (χ1n) is 7.94. The summed E-state index contributed by atoms with van der Waals surface area (Å²) < 4.78 is 17.9. The number of hydrogen-bond donors (Lipinski definition) is 2. The molecule has 24 heavy (non-hydrogen) atoms. The van der Waals surface area contributed by atoms with Crippen molar-refractivity contribution in [2.75, 3.05) is 13.2 Å². The van der Waals surface area contributed by atoms with Gasteiger partial charge in [-0.05, 0) is 37.1 Å². The lowest BCUT2D eigenvalue weighted by atomic mass is 10.1. The van der Waals surface area contributed by atoms with Gasteiger partial charge in [-0.3, -0.25) is 5.10 Å². The van der Waals surface area contributed by atoms with Gasteiger partial charge in [0, 0.05) is 23.6 Å². The summed E-state index contributed by atoms with van der Waals surface area (Å²) in [7, 11) is 0. The molecule has 0 radical (unpaired) electrons. The van der Waals surface area contributed by atoms with Crippen LogP contribution < -0.4 is 10.5 Å². The maximum atomic E-state index is 12.4. The molecular weight excluding hydrogens is 331 g/mol. The molecule has 130 valence electrons. The van der Waals surface area contributed by atoms with E-state index in [-0.39, 0.29) is 25.6 Å². The van der Waals surface area contributed by atoms with Crippen LogP contribution in [0.5, 0.6) is 5.75 Å². The molecule has 3 rings (SSSR count). The molecule has 1 aliphatic carbocycles. The van der Waals surface area contributed by atoms with Crippen molar-refractivity contribution in [2.24, 2.45) is 5.73 Å². The molecule has 7 heteroatoms. The van der Waals surface area contributed by atoms with Crippen molar-refractivity contribution in [2.45, 2.75) is 31.6 Å². The topological polar surface area (TPSA) is 76.8 Å². The Hall–Kier alpha value is -1.92. The van der Waals surface area contributed by atoms with E-state index in [0.717, 1.165) is 11.4 Å². The van der Waals surface area contributed by atoms with Crippen LogP contribution >= 0.6 is 12.4 Å². The van der Waals surface area contributed by atoms with Gasteiger partial charge < -0.3 is 10.5 Å². The maximum absolute atomic E-state index is 12.4. The number of H-pyrrole nitrogens is 1. The van der Waals surface area contributed by atoms with Crippen LogP contribution in [-0.4, -0.2) is 28.3 Å². The van der Waals surface area contributed by atoms with Crippen molar-refractivity contribution in [3.05, 3.63) is 42.0 Å². The standard InChI is InChI=1S/C17H21FN4O.ClH/c18-9-12(10-19)11-23-15-7-5-14(6-8-15)17-20-16(21-22-17)13-3-1-2-4-13;/h5-9,13H,1-4,10-11,19H2,(H,20,21,22);1H/b12-9+;. The molecule has 0 spiro atoms. The Morgan fingerprint density at radius 3 is 2.62 bits per heavy atom. The van der Waals surface area contributed by atoms with Crippen LogP contribution in [0.3, 0.4) is 0 Å². The van der Waals surface area contributed by atoms with Gasteiger partial charge in [0.05, 0.1) is 6.33 Å². The van der Waals surface area contributed by atoms with Gasteiger partial charge in [0.2, 0.25) is 0 Å². The lowest BCUT2D eigenvalue weighted by Gasteiger charge is -2.07. The number of aromatic nitrogens is 3. The zero-order valence-corrected chi connectivity index (χ0v) is 14.2. The molecule has 0 atom stereocenters. The third kappa shape index (κ3) is 4.33. The first kappa shape index (κ1) is 18.4. The second-order valence-corrected chi connectivity index (χ2v) is 5.81. The number of aromatic amines is 1. The van der Waals surface area contributed by atoms with E-state index >= 15 is 0 Å². The van der Waals surface area contributed by atoms with E-state index in [1.54, 1.807) is 0 Å². The van der Waals surface area contributed by atoms with Gasteiger partial charge in [-0.2, -0.15) is 5.10 Å². The minimum atomic E-state index is 0. The molecule has 0 saturated heterocycles. The van der Waals surface area contributed by atoms with Gasteiger partial charge in [0.1, 0.15) is 18.2 Å². The van der Waals surface area contributed by atoms with Crippen LogP contribution in [0.25, 0.3) is 11.4 Å². The predicted molar refractivity (Wildman–Crippen MR) is 94.0 cm³/mol. The minimum absolute atomic E-state index is 0. The molecular formula is C17H22ClFN4O. The highest BCUT2D eigenvalue weighted by molar-refractivity contribution is 5.85. The third-order valence-corrected chi connectivity index (χ3v) is 4.20. The molecule has 1 saturated carbocycles. The number of ether oxygens (including phenoxy) is 1. The van der Waals surface area contributed by atoms with Gasteiger partial charge in [0.25, 0.3) is 0 Å². The van der Waals surface area contributed by atoms with Crippen LogP contribution in [-0.2, 0) is 0 Å². The Bertz CT molecular complexity index is 665. The highest BCUT2D eigenvalue weighted by atomic mass is 35.5. The summed E-state index contributed by atoms with van der Waals surface area (Å²) in [5.74, 6) is 2.86. The van der Waals surface area contributed by atoms with Crippen molar-refractivity contribution in [3.63, 3.8) is 0 Å². The normalized spacial score (nSPS) is 15.3. The van der Waals surface area contributed by atoms with E-state index in [4.69, 9.17) is 10.5 Å². The molecule has 0 amide bonds. The van der Waals surface area contributed by atoms with Crippen molar-refractivity contribution in [3.8, 4) is 17.1 Å². The number of halogens is 2. The summed E-state index contributed by atoms with van der Waals surface area (Å²) in [6.45, 7) is 0.300. The molecule has 1 aromatic heterocycles. The fraction of sp³-hybridized carbons (Fsp3) is 0.412. The highest BCUT2D eigenvalue weighted by Gasteiger charge is 2.20. The molecule has 3 N–H and O–H groups in total. The van der Waals surface area contributed by atoms with Crippen LogP contribution in [0.1, 0.15) is 37.4 Å². The number of nitrogens with two attached hydrogens (primary N) is 1. The second-order valence-electron chi connectivity index (χ2n) is 5.81. The van der Waals surface area contributed by atoms with Gasteiger partial charge in [-0.25, -0.2) is 9.37 Å². The zero-order valence-electron chi connectivity index (χ0n) is 13.4. The molecule has 1 aromatic carbocycles. The lowest BCUT2D eigenvalue weighted by Crippen LogP contribution is -2.10. The van der Waals surface area contributed by atoms with Crippen LogP contribution in [0.15, 0.2) is 36.2 Å². The number of benzene rings is 1. The molecule has 5 nitrogen and oxygen atoms in total. The number of nitrogens with zero attached hydrogens (tertiary/aromatic N) is 2. The van der Waals surface area contributed by atoms with E-state index < -0.39 is 0 Å². The van der Waals surface area contributed by atoms with Gasteiger partial charge in [-0.15, -0.1) is 12.4 Å².